The van der Waals surface area contributed by atoms with Gasteiger partial charge in [-0.1, -0.05) is 61.2 Å². The number of carbonyl (C=O) groups excluding carboxylic acids is 1. The molecule has 0 spiro atoms. The lowest BCUT2D eigenvalue weighted by Crippen LogP contribution is -2.30. The molecule has 3 aromatic rings. The molecule has 0 fully saturated rings. The lowest BCUT2D eigenvalue weighted by molar-refractivity contribution is -0.118. The summed E-state index contributed by atoms with van der Waals surface area (Å²) in [6, 6.07) is 17.5. The molecule has 0 aliphatic carbocycles. The molecule has 6 heteroatoms. The average Bonchev–Trinajstić information content (AvgIpc) is 2.73. The summed E-state index contributed by atoms with van der Waals surface area (Å²) in [5, 5.41) is 4.21. The van der Waals surface area contributed by atoms with E-state index in [0.717, 1.165) is 6.42 Å². The highest BCUT2D eigenvalue weighted by molar-refractivity contribution is 7.99. The molecule has 0 radical (unpaired) electrons. The highest BCUT2D eigenvalue weighted by Gasteiger charge is 2.16. The van der Waals surface area contributed by atoms with Crippen LogP contribution >= 0.6 is 11.8 Å². The highest BCUT2D eigenvalue weighted by Crippen LogP contribution is 2.21. The predicted molar refractivity (Wildman–Crippen MR) is 120 cm³/mol. The number of amides is 1. The molecule has 0 saturated carbocycles. The Bertz CT molecular complexity index is 1030. The van der Waals surface area contributed by atoms with Crippen molar-refractivity contribution in [1.82, 2.24) is 14.9 Å². The van der Waals surface area contributed by atoms with E-state index >= 15 is 0 Å². The first-order valence-corrected chi connectivity index (χ1v) is 11.0. The molecular weight excluding hydrogens is 382 g/mol. The van der Waals surface area contributed by atoms with Crippen molar-refractivity contribution >= 4 is 28.6 Å². The molecule has 0 aliphatic heterocycles. The smallest absolute Gasteiger partial charge is 0.262 e. The van der Waals surface area contributed by atoms with E-state index in [4.69, 9.17) is 0 Å². The van der Waals surface area contributed by atoms with Crippen LogP contribution in [-0.4, -0.2) is 27.8 Å². The number of rotatable bonds is 8. The van der Waals surface area contributed by atoms with E-state index in [1.165, 1.54) is 17.3 Å². The van der Waals surface area contributed by atoms with Crippen molar-refractivity contribution in [2.45, 2.75) is 44.3 Å². The van der Waals surface area contributed by atoms with Gasteiger partial charge in [0.1, 0.15) is 0 Å². The molecule has 0 aliphatic rings. The van der Waals surface area contributed by atoms with E-state index in [9.17, 15) is 9.59 Å². The summed E-state index contributed by atoms with van der Waals surface area (Å²) in [7, 11) is 0. The van der Waals surface area contributed by atoms with E-state index in [0.29, 0.717) is 22.6 Å². The zero-order valence-electron chi connectivity index (χ0n) is 17.1. The van der Waals surface area contributed by atoms with Crippen molar-refractivity contribution in [3.63, 3.8) is 0 Å². The van der Waals surface area contributed by atoms with Crippen LogP contribution in [0.3, 0.4) is 0 Å². The molecule has 2 aromatic carbocycles. The van der Waals surface area contributed by atoms with Crippen molar-refractivity contribution in [2.75, 3.05) is 12.3 Å². The summed E-state index contributed by atoms with van der Waals surface area (Å²) in [6.07, 6.45) is 0.955. The Morgan fingerprint density at radius 3 is 2.48 bits per heavy atom. The van der Waals surface area contributed by atoms with Gasteiger partial charge in [-0.25, -0.2) is 4.98 Å². The largest absolute Gasteiger partial charge is 0.355 e. The molecule has 0 bridgehead atoms. The second kappa shape index (κ2) is 9.74. The maximum atomic E-state index is 12.9. The number of benzene rings is 2. The van der Waals surface area contributed by atoms with Crippen LogP contribution in [0.1, 0.15) is 44.7 Å². The van der Waals surface area contributed by atoms with Crippen LogP contribution in [0.5, 0.6) is 0 Å². The molecule has 1 atom stereocenters. The molecule has 152 valence electrons. The maximum absolute atomic E-state index is 12.9. The second-order valence-electron chi connectivity index (χ2n) is 7.29. The van der Waals surface area contributed by atoms with E-state index in [1.807, 2.05) is 50.2 Å². The summed E-state index contributed by atoms with van der Waals surface area (Å²) in [5.74, 6) is 0.461. The SMILES string of the molecule is CCC(CNC(=O)CSc1nc2ccccc2c(=O)n1C(C)C)c1ccccc1. The van der Waals surface area contributed by atoms with Gasteiger partial charge in [0.15, 0.2) is 5.16 Å². The maximum Gasteiger partial charge on any atom is 0.262 e. The van der Waals surface area contributed by atoms with Crippen LogP contribution < -0.4 is 10.9 Å². The van der Waals surface area contributed by atoms with Gasteiger partial charge in [-0.15, -0.1) is 0 Å². The fourth-order valence-corrected chi connectivity index (χ4v) is 4.28. The molecular formula is C23H27N3O2S. The highest BCUT2D eigenvalue weighted by atomic mass is 32.2. The van der Waals surface area contributed by atoms with Crippen molar-refractivity contribution in [1.29, 1.82) is 0 Å². The Hall–Kier alpha value is -2.60. The number of fused-ring (bicyclic) bond motifs is 1. The molecule has 1 amide bonds. The van der Waals surface area contributed by atoms with Gasteiger partial charge in [0, 0.05) is 18.5 Å². The second-order valence-corrected chi connectivity index (χ2v) is 8.23. The summed E-state index contributed by atoms with van der Waals surface area (Å²) < 4.78 is 1.67. The lowest BCUT2D eigenvalue weighted by atomic mass is 9.96. The van der Waals surface area contributed by atoms with E-state index < -0.39 is 0 Å². The first kappa shape index (κ1) is 21.1. The number of para-hydroxylation sites is 1. The fraction of sp³-hybridized carbons (Fsp3) is 0.348. The Labute approximate surface area is 175 Å². The van der Waals surface area contributed by atoms with Crippen LogP contribution in [0, 0.1) is 0 Å². The first-order valence-electron chi connectivity index (χ1n) is 9.97. The van der Waals surface area contributed by atoms with Gasteiger partial charge < -0.3 is 5.32 Å². The normalized spacial score (nSPS) is 12.3. The van der Waals surface area contributed by atoms with Crippen molar-refractivity contribution in [3.8, 4) is 0 Å². The van der Waals surface area contributed by atoms with E-state index in [-0.39, 0.29) is 29.2 Å². The number of thioether (sulfide) groups is 1. The topological polar surface area (TPSA) is 64.0 Å². The Morgan fingerprint density at radius 2 is 1.79 bits per heavy atom. The quantitative estimate of drug-likeness (QED) is 0.443. The third-order valence-electron chi connectivity index (χ3n) is 4.93. The van der Waals surface area contributed by atoms with Gasteiger partial charge in [-0.05, 0) is 38.0 Å². The minimum absolute atomic E-state index is 0.0345. The minimum atomic E-state index is -0.0661. The van der Waals surface area contributed by atoms with Gasteiger partial charge in [0.25, 0.3) is 5.56 Å². The standard InChI is InChI=1S/C23H27N3O2S/c1-4-17(18-10-6-5-7-11-18)14-24-21(27)15-29-23-25-20-13-9-8-12-19(20)22(28)26(23)16(2)3/h5-13,16-17H,4,14-15H2,1-3H3,(H,24,27). The number of hydrogen-bond donors (Lipinski definition) is 1. The molecule has 5 nitrogen and oxygen atoms in total. The van der Waals surface area contributed by atoms with Crippen molar-refractivity contribution in [3.05, 3.63) is 70.5 Å². The Kier molecular flexibility index (Phi) is 7.09. The molecule has 0 saturated heterocycles. The monoisotopic (exact) mass is 409 g/mol. The summed E-state index contributed by atoms with van der Waals surface area (Å²) >= 11 is 1.31. The van der Waals surface area contributed by atoms with Gasteiger partial charge in [0.2, 0.25) is 5.91 Å². The van der Waals surface area contributed by atoms with Crippen molar-refractivity contribution < 1.29 is 4.79 Å². The summed E-state index contributed by atoms with van der Waals surface area (Å²) in [5.41, 5.74) is 1.82. The molecule has 3 rings (SSSR count). The first-order chi connectivity index (χ1) is 14.0. The molecule has 1 heterocycles. The van der Waals surface area contributed by atoms with Gasteiger partial charge in [0.05, 0.1) is 16.7 Å². The average molecular weight is 410 g/mol. The number of hydrogen-bond acceptors (Lipinski definition) is 4. The zero-order valence-corrected chi connectivity index (χ0v) is 17.9. The Balaban J connectivity index is 1.69. The molecule has 1 unspecified atom stereocenters. The predicted octanol–water partition coefficient (Wildman–Crippen LogP) is 4.38. The van der Waals surface area contributed by atoms with Gasteiger partial charge in [-0.2, -0.15) is 0 Å². The zero-order chi connectivity index (χ0) is 20.8. The number of carbonyl (C=O) groups is 1. The van der Waals surface area contributed by atoms with Crippen molar-refractivity contribution in [2.24, 2.45) is 0 Å². The van der Waals surface area contributed by atoms with Gasteiger partial charge in [-0.3, -0.25) is 14.2 Å². The lowest BCUT2D eigenvalue weighted by Gasteiger charge is -2.17. The van der Waals surface area contributed by atoms with Gasteiger partial charge >= 0.3 is 0 Å². The molecule has 1 N–H and O–H groups in total. The molecule has 1 aromatic heterocycles. The summed E-state index contributed by atoms with van der Waals surface area (Å²) in [6.45, 7) is 6.63. The third-order valence-corrected chi connectivity index (χ3v) is 5.89. The Morgan fingerprint density at radius 1 is 1.10 bits per heavy atom. The number of aromatic nitrogens is 2. The fourth-order valence-electron chi connectivity index (χ4n) is 3.32. The van der Waals surface area contributed by atoms with Crippen LogP contribution in [-0.2, 0) is 4.79 Å². The number of nitrogens with zero attached hydrogens (tertiary/aromatic N) is 2. The molecule has 29 heavy (non-hydrogen) atoms. The van der Waals surface area contributed by atoms with Crippen LogP contribution in [0.4, 0.5) is 0 Å². The number of nitrogens with one attached hydrogen (secondary N) is 1. The minimum Gasteiger partial charge on any atom is -0.355 e. The van der Waals surface area contributed by atoms with Crippen LogP contribution in [0.25, 0.3) is 10.9 Å². The third kappa shape index (κ3) is 5.07. The van der Waals surface area contributed by atoms with E-state index in [1.54, 1.807) is 10.6 Å². The van der Waals surface area contributed by atoms with Crippen LogP contribution in [0.15, 0.2) is 64.5 Å². The van der Waals surface area contributed by atoms with E-state index in [2.05, 4.69) is 29.4 Å². The summed E-state index contributed by atoms with van der Waals surface area (Å²) in [4.78, 5) is 29.9. The van der Waals surface area contributed by atoms with Crippen LogP contribution in [0.2, 0.25) is 0 Å².